The van der Waals surface area contributed by atoms with E-state index < -0.39 is 12.5 Å². The van der Waals surface area contributed by atoms with Crippen molar-refractivity contribution in [1.82, 2.24) is 0 Å². The Kier molecular flexibility index (Phi) is 7.97. The number of halogens is 3. The molecule has 170 valence electrons. The highest BCUT2D eigenvalue weighted by Gasteiger charge is 2.31. The predicted molar refractivity (Wildman–Crippen MR) is 112 cm³/mol. The molecule has 1 atom stereocenters. The van der Waals surface area contributed by atoms with E-state index in [1.807, 2.05) is 30.3 Å². The molecule has 3 aromatic rings. The summed E-state index contributed by atoms with van der Waals surface area (Å²) < 4.78 is 58.1. The van der Waals surface area contributed by atoms with Gasteiger partial charge in [-0.15, -0.1) is 13.2 Å². The number of ether oxygens (including phenoxy) is 4. The molecule has 32 heavy (non-hydrogen) atoms. The summed E-state index contributed by atoms with van der Waals surface area (Å²) in [7, 11) is 1.58. The zero-order chi connectivity index (χ0) is 23.0. The zero-order valence-corrected chi connectivity index (χ0v) is 17.3. The van der Waals surface area contributed by atoms with Crippen LogP contribution in [-0.2, 0) is 18.0 Å². The normalized spacial score (nSPS) is 12.3. The molecule has 0 saturated heterocycles. The largest absolute Gasteiger partial charge is 0.573 e. The first-order valence-electron chi connectivity index (χ1n) is 9.80. The van der Waals surface area contributed by atoms with Crippen molar-refractivity contribution in [3.8, 4) is 17.2 Å². The summed E-state index contributed by atoms with van der Waals surface area (Å²) in [6.45, 7) is 0.229. The summed E-state index contributed by atoms with van der Waals surface area (Å²) in [6.07, 6.45) is -5.15. The molecule has 0 heterocycles. The first-order chi connectivity index (χ1) is 15.4. The van der Waals surface area contributed by atoms with Crippen molar-refractivity contribution in [2.45, 2.75) is 25.7 Å². The van der Waals surface area contributed by atoms with Crippen molar-refractivity contribution in [2.24, 2.45) is 0 Å². The Balaban J connectivity index is 1.75. The minimum atomic E-state index is -4.74. The van der Waals surface area contributed by atoms with Crippen molar-refractivity contribution in [3.05, 3.63) is 89.5 Å². The van der Waals surface area contributed by atoms with E-state index in [1.54, 1.807) is 25.3 Å². The summed E-state index contributed by atoms with van der Waals surface area (Å²) in [5.74, 6) is 0.539. The van der Waals surface area contributed by atoms with Crippen LogP contribution in [0, 0.1) is 0 Å². The topological polar surface area (TPSA) is 57.2 Å². The van der Waals surface area contributed by atoms with Gasteiger partial charge in [-0.3, -0.25) is 0 Å². The van der Waals surface area contributed by atoms with E-state index in [9.17, 15) is 18.3 Å². The Morgan fingerprint density at radius 2 is 1.56 bits per heavy atom. The molecule has 0 spiro atoms. The molecule has 0 saturated carbocycles. The first kappa shape index (κ1) is 23.4. The fraction of sp³-hybridized carbons (Fsp3) is 0.250. The molecule has 3 rings (SSSR count). The van der Waals surface area contributed by atoms with Gasteiger partial charge >= 0.3 is 6.36 Å². The second kappa shape index (κ2) is 10.9. The van der Waals surface area contributed by atoms with E-state index in [-0.39, 0.29) is 19.0 Å². The lowest BCUT2D eigenvalue weighted by Crippen LogP contribution is -2.17. The lowest BCUT2D eigenvalue weighted by Gasteiger charge is -2.21. The van der Waals surface area contributed by atoms with E-state index in [1.165, 1.54) is 24.3 Å². The highest BCUT2D eigenvalue weighted by atomic mass is 19.4. The Morgan fingerprint density at radius 3 is 2.19 bits per heavy atom. The Labute approximate surface area is 183 Å². The summed E-state index contributed by atoms with van der Waals surface area (Å²) in [5.41, 5.74) is 2.20. The second-order valence-electron chi connectivity index (χ2n) is 6.89. The van der Waals surface area contributed by atoms with E-state index in [0.717, 1.165) is 5.56 Å². The van der Waals surface area contributed by atoms with Crippen LogP contribution >= 0.6 is 0 Å². The molecule has 0 aromatic heterocycles. The van der Waals surface area contributed by atoms with Gasteiger partial charge in [-0.2, -0.15) is 0 Å². The molecule has 0 aliphatic carbocycles. The smallest absolute Gasteiger partial charge is 0.485 e. The third kappa shape index (κ3) is 6.90. The molecule has 0 aliphatic rings. The number of methoxy groups -OCH3 is 1. The third-order valence-electron chi connectivity index (χ3n) is 4.50. The first-order valence-corrected chi connectivity index (χ1v) is 9.80. The van der Waals surface area contributed by atoms with Crippen molar-refractivity contribution >= 4 is 0 Å². The average Bonchev–Trinajstić information content (AvgIpc) is 2.78. The number of benzene rings is 3. The van der Waals surface area contributed by atoms with Crippen LogP contribution in [0.15, 0.2) is 72.8 Å². The highest BCUT2D eigenvalue weighted by Crippen LogP contribution is 2.33. The van der Waals surface area contributed by atoms with Gasteiger partial charge in [-0.05, 0) is 41.0 Å². The molecule has 1 N–H and O–H groups in total. The summed E-state index contributed by atoms with van der Waals surface area (Å²) in [4.78, 5) is 0. The maximum absolute atomic E-state index is 12.3. The van der Waals surface area contributed by atoms with Crippen LogP contribution in [0.5, 0.6) is 17.2 Å². The second-order valence-corrected chi connectivity index (χ2v) is 6.89. The van der Waals surface area contributed by atoms with Crippen molar-refractivity contribution in [1.29, 1.82) is 0 Å². The lowest BCUT2D eigenvalue weighted by molar-refractivity contribution is -0.274. The maximum atomic E-state index is 12.3. The van der Waals surface area contributed by atoms with E-state index in [0.29, 0.717) is 29.2 Å². The van der Waals surface area contributed by atoms with Crippen LogP contribution in [0.25, 0.3) is 0 Å². The van der Waals surface area contributed by atoms with Gasteiger partial charge in [0, 0.05) is 7.11 Å². The molecule has 8 heteroatoms. The number of aliphatic hydroxyl groups is 1. The molecule has 3 aromatic carbocycles. The number of hydrogen-bond donors (Lipinski definition) is 1. The molecule has 0 bridgehead atoms. The molecule has 0 amide bonds. The Bertz CT molecular complexity index is 975. The fourth-order valence-electron chi connectivity index (χ4n) is 2.98. The fourth-order valence-corrected chi connectivity index (χ4v) is 2.98. The molecular weight excluding hydrogens is 425 g/mol. The third-order valence-corrected chi connectivity index (χ3v) is 4.50. The minimum Gasteiger partial charge on any atom is -0.485 e. The van der Waals surface area contributed by atoms with E-state index in [2.05, 4.69) is 4.74 Å². The minimum absolute atomic E-state index is 0.0986. The van der Waals surface area contributed by atoms with Crippen molar-refractivity contribution < 1.29 is 37.2 Å². The van der Waals surface area contributed by atoms with Crippen LogP contribution in [0.4, 0.5) is 13.2 Å². The standard InChI is InChI=1S/C24H23F3O5/c1-29-16-23(19-5-3-2-4-6-19)31-22-13-18(14-28)9-12-21(22)30-15-17-7-10-20(11-8-17)32-24(25,26)27/h2-13,23,28H,14-16H2,1H3. The van der Waals surface area contributed by atoms with Crippen LogP contribution in [0.2, 0.25) is 0 Å². The van der Waals surface area contributed by atoms with Crippen LogP contribution in [0.3, 0.4) is 0 Å². The highest BCUT2D eigenvalue weighted by molar-refractivity contribution is 5.43. The summed E-state index contributed by atoms with van der Waals surface area (Å²) in [5, 5.41) is 9.51. The van der Waals surface area contributed by atoms with Gasteiger partial charge in [-0.1, -0.05) is 48.5 Å². The van der Waals surface area contributed by atoms with Gasteiger partial charge in [-0.25, -0.2) is 0 Å². The number of aliphatic hydroxyl groups excluding tert-OH is 1. The van der Waals surface area contributed by atoms with Gasteiger partial charge in [0.15, 0.2) is 11.5 Å². The van der Waals surface area contributed by atoms with Gasteiger partial charge in [0.2, 0.25) is 0 Å². The summed E-state index contributed by atoms with van der Waals surface area (Å²) in [6, 6.07) is 20.0. The van der Waals surface area contributed by atoms with Gasteiger partial charge in [0.1, 0.15) is 18.5 Å². The number of hydrogen-bond acceptors (Lipinski definition) is 5. The van der Waals surface area contributed by atoms with Gasteiger partial charge in [0.25, 0.3) is 0 Å². The Morgan fingerprint density at radius 1 is 0.875 bits per heavy atom. The summed E-state index contributed by atoms with van der Waals surface area (Å²) >= 11 is 0. The SMILES string of the molecule is COCC(Oc1cc(CO)ccc1OCc1ccc(OC(F)(F)F)cc1)c1ccccc1. The zero-order valence-electron chi connectivity index (χ0n) is 17.3. The quantitative estimate of drug-likeness (QED) is 0.449. The average molecular weight is 448 g/mol. The van der Waals surface area contributed by atoms with Crippen LogP contribution < -0.4 is 14.2 Å². The molecular formula is C24H23F3O5. The van der Waals surface area contributed by atoms with Crippen LogP contribution in [0.1, 0.15) is 22.8 Å². The molecule has 1 unspecified atom stereocenters. The maximum Gasteiger partial charge on any atom is 0.573 e. The Hall–Kier alpha value is -3.23. The van der Waals surface area contributed by atoms with Gasteiger partial charge < -0.3 is 24.1 Å². The molecule has 0 fully saturated rings. The van der Waals surface area contributed by atoms with Crippen molar-refractivity contribution in [2.75, 3.05) is 13.7 Å². The monoisotopic (exact) mass is 448 g/mol. The molecule has 0 aliphatic heterocycles. The number of alkyl halides is 3. The molecule has 5 nitrogen and oxygen atoms in total. The van der Waals surface area contributed by atoms with E-state index in [4.69, 9.17) is 14.2 Å². The molecule has 0 radical (unpaired) electrons. The predicted octanol–water partition coefficient (Wildman–Crippen LogP) is 5.42. The lowest BCUT2D eigenvalue weighted by atomic mass is 10.1. The van der Waals surface area contributed by atoms with E-state index >= 15 is 0 Å². The number of rotatable bonds is 10. The van der Waals surface area contributed by atoms with Crippen LogP contribution in [-0.4, -0.2) is 25.2 Å². The van der Waals surface area contributed by atoms with Crippen molar-refractivity contribution in [3.63, 3.8) is 0 Å². The van der Waals surface area contributed by atoms with Gasteiger partial charge in [0.05, 0.1) is 13.2 Å².